The molecule has 0 bridgehead atoms. The zero-order valence-corrected chi connectivity index (χ0v) is 16.4. The Morgan fingerprint density at radius 1 is 1.11 bits per heavy atom. The second-order valence-electron chi connectivity index (χ2n) is 7.57. The summed E-state index contributed by atoms with van der Waals surface area (Å²) in [5.74, 6) is -0.0394. The van der Waals surface area contributed by atoms with Crippen LogP contribution in [0.2, 0.25) is 0 Å². The lowest BCUT2D eigenvalue weighted by Gasteiger charge is -2.16. The molecule has 5 nitrogen and oxygen atoms in total. The Morgan fingerprint density at radius 2 is 1.86 bits per heavy atom. The Kier molecular flexibility index (Phi) is 5.26. The van der Waals surface area contributed by atoms with Crippen LogP contribution in [-0.2, 0) is 6.54 Å². The van der Waals surface area contributed by atoms with Gasteiger partial charge >= 0.3 is 0 Å². The van der Waals surface area contributed by atoms with E-state index in [2.05, 4.69) is 58.6 Å². The summed E-state index contributed by atoms with van der Waals surface area (Å²) in [5, 5.41) is 7.62. The van der Waals surface area contributed by atoms with Gasteiger partial charge in [0.1, 0.15) is 0 Å². The van der Waals surface area contributed by atoms with Crippen molar-refractivity contribution in [2.24, 2.45) is 0 Å². The first-order valence-corrected chi connectivity index (χ1v) is 9.79. The minimum Gasteiger partial charge on any atom is -0.348 e. The first-order valence-electron chi connectivity index (χ1n) is 9.79. The SMILES string of the molecule is Cc1ccc(-n2ncc(C(=O)N[C@@H]3CCN(Cc4ccccc4)C3)c2C)cc1. The summed E-state index contributed by atoms with van der Waals surface area (Å²) in [6, 6.07) is 18.8. The zero-order chi connectivity index (χ0) is 19.5. The molecule has 144 valence electrons. The highest BCUT2D eigenvalue weighted by atomic mass is 16.1. The van der Waals surface area contributed by atoms with Crippen LogP contribution in [0.4, 0.5) is 0 Å². The average molecular weight is 374 g/mol. The van der Waals surface area contributed by atoms with Gasteiger partial charge in [0, 0.05) is 25.7 Å². The molecule has 5 heteroatoms. The van der Waals surface area contributed by atoms with Crippen LogP contribution >= 0.6 is 0 Å². The van der Waals surface area contributed by atoms with E-state index in [0.717, 1.165) is 37.4 Å². The summed E-state index contributed by atoms with van der Waals surface area (Å²) in [7, 11) is 0. The Balaban J connectivity index is 1.39. The van der Waals surface area contributed by atoms with E-state index < -0.39 is 0 Å². The number of hydrogen-bond acceptors (Lipinski definition) is 3. The summed E-state index contributed by atoms with van der Waals surface area (Å²) in [6.07, 6.45) is 2.64. The molecule has 3 aromatic rings. The third kappa shape index (κ3) is 3.99. The van der Waals surface area contributed by atoms with Crippen molar-refractivity contribution in [2.45, 2.75) is 32.9 Å². The first kappa shape index (κ1) is 18.4. The molecule has 1 fully saturated rings. The van der Waals surface area contributed by atoms with E-state index >= 15 is 0 Å². The van der Waals surface area contributed by atoms with Crippen molar-refractivity contribution in [3.8, 4) is 5.69 Å². The van der Waals surface area contributed by atoms with E-state index in [1.807, 2.05) is 29.8 Å². The lowest BCUT2D eigenvalue weighted by molar-refractivity contribution is 0.0937. The van der Waals surface area contributed by atoms with Crippen molar-refractivity contribution < 1.29 is 4.79 Å². The second-order valence-corrected chi connectivity index (χ2v) is 7.57. The van der Waals surface area contributed by atoms with Crippen molar-refractivity contribution in [1.29, 1.82) is 0 Å². The Bertz CT molecular complexity index is 946. The number of hydrogen-bond donors (Lipinski definition) is 1. The third-order valence-corrected chi connectivity index (χ3v) is 5.39. The van der Waals surface area contributed by atoms with Crippen LogP contribution in [0.1, 0.15) is 33.6 Å². The molecule has 2 aromatic carbocycles. The maximum Gasteiger partial charge on any atom is 0.255 e. The fourth-order valence-corrected chi connectivity index (χ4v) is 3.78. The van der Waals surface area contributed by atoms with Gasteiger partial charge < -0.3 is 5.32 Å². The molecule has 0 unspecified atom stereocenters. The van der Waals surface area contributed by atoms with Gasteiger partial charge in [0.25, 0.3) is 5.91 Å². The molecule has 1 N–H and O–H groups in total. The molecular weight excluding hydrogens is 348 g/mol. The summed E-state index contributed by atoms with van der Waals surface area (Å²) >= 11 is 0. The Labute approximate surface area is 166 Å². The number of carbonyl (C=O) groups excluding carboxylic acids is 1. The number of likely N-dealkylation sites (tertiary alicyclic amines) is 1. The third-order valence-electron chi connectivity index (χ3n) is 5.39. The quantitative estimate of drug-likeness (QED) is 0.744. The second kappa shape index (κ2) is 7.98. The van der Waals surface area contributed by atoms with Crippen LogP contribution in [0, 0.1) is 13.8 Å². The molecule has 0 saturated carbocycles. The smallest absolute Gasteiger partial charge is 0.255 e. The molecule has 0 spiro atoms. The molecule has 0 radical (unpaired) electrons. The molecule has 4 rings (SSSR count). The van der Waals surface area contributed by atoms with Crippen LogP contribution in [0.15, 0.2) is 60.8 Å². The van der Waals surface area contributed by atoms with Crippen LogP contribution in [0.25, 0.3) is 5.69 Å². The van der Waals surface area contributed by atoms with Crippen molar-refractivity contribution in [2.75, 3.05) is 13.1 Å². The average Bonchev–Trinajstić information content (AvgIpc) is 3.29. The molecule has 1 amide bonds. The number of aryl methyl sites for hydroxylation is 1. The highest BCUT2D eigenvalue weighted by molar-refractivity contribution is 5.95. The van der Waals surface area contributed by atoms with Crippen molar-refractivity contribution in [1.82, 2.24) is 20.0 Å². The number of nitrogens with zero attached hydrogens (tertiary/aromatic N) is 3. The van der Waals surface area contributed by atoms with E-state index in [9.17, 15) is 4.79 Å². The van der Waals surface area contributed by atoms with Gasteiger partial charge in [0.05, 0.1) is 23.1 Å². The summed E-state index contributed by atoms with van der Waals surface area (Å²) in [4.78, 5) is 15.2. The van der Waals surface area contributed by atoms with E-state index in [-0.39, 0.29) is 11.9 Å². The van der Waals surface area contributed by atoms with Crippen LogP contribution in [-0.4, -0.2) is 39.7 Å². The van der Waals surface area contributed by atoms with Gasteiger partial charge in [-0.25, -0.2) is 4.68 Å². The van der Waals surface area contributed by atoms with Gasteiger partial charge in [-0.3, -0.25) is 9.69 Å². The van der Waals surface area contributed by atoms with Gasteiger partial charge in [0.15, 0.2) is 0 Å². The summed E-state index contributed by atoms with van der Waals surface area (Å²) in [6.45, 7) is 6.81. The molecule has 0 aliphatic carbocycles. The monoisotopic (exact) mass is 374 g/mol. The summed E-state index contributed by atoms with van der Waals surface area (Å²) < 4.78 is 1.82. The van der Waals surface area contributed by atoms with E-state index in [1.165, 1.54) is 11.1 Å². The number of aromatic nitrogens is 2. The zero-order valence-electron chi connectivity index (χ0n) is 16.4. The largest absolute Gasteiger partial charge is 0.348 e. The van der Waals surface area contributed by atoms with E-state index in [4.69, 9.17) is 0 Å². The van der Waals surface area contributed by atoms with E-state index in [1.54, 1.807) is 6.20 Å². The van der Waals surface area contributed by atoms with Crippen LogP contribution < -0.4 is 5.32 Å². The Morgan fingerprint density at radius 3 is 2.61 bits per heavy atom. The van der Waals surface area contributed by atoms with Gasteiger partial charge in [-0.2, -0.15) is 5.10 Å². The van der Waals surface area contributed by atoms with Crippen LogP contribution in [0.5, 0.6) is 0 Å². The molecule has 1 aromatic heterocycles. The highest BCUT2D eigenvalue weighted by Gasteiger charge is 2.25. The van der Waals surface area contributed by atoms with Crippen molar-refractivity contribution >= 4 is 5.91 Å². The number of amides is 1. The van der Waals surface area contributed by atoms with E-state index in [0.29, 0.717) is 5.56 Å². The molecule has 2 heterocycles. The molecule has 1 saturated heterocycles. The molecule has 1 aliphatic heterocycles. The van der Waals surface area contributed by atoms with Crippen molar-refractivity contribution in [3.63, 3.8) is 0 Å². The van der Waals surface area contributed by atoms with Gasteiger partial charge in [-0.1, -0.05) is 48.0 Å². The fraction of sp³-hybridized carbons (Fsp3) is 0.304. The molecule has 28 heavy (non-hydrogen) atoms. The lowest BCUT2D eigenvalue weighted by Crippen LogP contribution is -2.37. The molecule has 1 aliphatic rings. The predicted molar refractivity (Wildman–Crippen MR) is 111 cm³/mol. The maximum absolute atomic E-state index is 12.8. The number of benzene rings is 2. The normalized spacial score (nSPS) is 17.0. The van der Waals surface area contributed by atoms with Gasteiger partial charge in [-0.05, 0) is 38.0 Å². The van der Waals surface area contributed by atoms with Crippen LogP contribution in [0.3, 0.4) is 0 Å². The topological polar surface area (TPSA) is 50.2 Å². The predicted octanol–water partition coefficient (Wildman–Crippen LogP) is 3.49. The maximum atomic E-state index is 12.8. The Hall–Kier alpha value is -2.92. The van der Waals surface area contributed by atoms with Gasteiger partial charge in [0.2, 0.25) is 0 Å². The number of carbonyl (C=O) groups is 1. The fourth-order valence-electron chi connectivity index (χ4n) is 3.78. The number of nitrogens with one attached hydrogen (secondary N) is 1. The summed E-state index contributed by atoms with van der Waals surface area (Å²) in [5.41, 5.74) is 4.98. The standard InChI is InChI=1S/C23H26N4O/c1-17-8-10-21(11-9-17)27-18(2)22(14-24-27)23(28)25-20-12-13-26(16-20)15-19-6-4-3-5-7-19/h3-11,14,20H,12-13,15-16H2,1-2H3,(H,25,28)/t20-/m1/s1. The van der Waals surface area contributed by atoms with Gasteiger partial charge in [-0.15, -0.1) is 0 Å². The highest BCUT2D eigenvalue weighted by Crippen LogP contribution is 2.17. The molecule has 1 atom stereocenters. The lowest BCUT2D eigenvalue weighted by atomic mass is 10.2. The number of rotatable bonds is 5. The molecular formula is C23H26N4O. The minimum absolute atomic E-state index is 0.0394. The first-order chi connectivity index (χ1) is 13.6. The van der Waals surface area contributed by atoms with Crippen molar-refractivity contribution in [3.05, 3.63) is 83.2 Å². The minimum atomic E-state index is -0.0394.